The number of para-hydroxylation sites is 1. The molecule has 0 aliphatic carbocycles. The Kier molecular flexibility index (Phi) is 6.45. The number of hydrogen-bond donors (Lipinski definition) is 0. The van der Waals surface area contributed by atoms with Crippen molar-refractivity contribution in [2.75, 3.05) is 11.4 Å². The maximum atomic E-state index is 13.0. The first kappa shape index (κ1) is 21.4. The first-order valence-electron chi connectivity index (χ1n) is 7.96. The van der Waals surface area contributed by atoms with Crippen molar-refractivity contribution in [3.05, 3.63) is 58.6 Å². The Bertz CT molecular complexity index is 928. The second-order valence-electron chi connectivity index (χ2n) is 5.80. The van der Waals surface area contributed by atoms with Crippen LogP contribution in [-0.4, -0.2) is 30.4 Å². The van der Waals surface area contributed by atoms with E-state index in [1.54, 1.807) is 0 Å². The molecule has 2 aromatic rings. The molecule has 0 aliphatic heterocycles. The number of carbonyl (C=O) groups is 3. The molecule has 0 bridgehead atoms. The summed E-state index contributed by atoms with van der Waals surface area (Å²) in [5.41, 5.74) is -0.542. The van der Waals surface area contributed by atoms with E-state index >= 15 is 0 Å². The number of ketones is 1. The molecule has 1 amide bonds. The third-order valence-electron chi connectivity index (χ3n) is 3.60. The van der Waals surface area contributed by atoms with Crippen LogP contribution in [0.2, 0.25) is 5.02 Å². The van der Waals surface area contributed by atoms with Gasteiger partial charge < -0.3 is 9.64 Å². The van der Waals surface area contributed by atoms with Crippen LogP contribution in [-0.2, 0) is 9.59 Å². The number of ether oxygens (including phenoxy) is 1. The normalized spacial score (nSPS) is 11.1. The summed E-state index contributed by atoms with van der Waals surface area (Å²) in [7, 11) is 0. The lowest BCUT2D eigenvalue weighted by molar-refractivity contribution is -0.131. The maximum Gasteiger partial charge on any atom is 0.406 e. The van der Waals surface area contributed by atoms with E-state index in [0.717, 1.165) is 26.0 Å². The van der Waals surface area contributed by atoms with Gasteiger partial charge in [0.2, 0.25) is 5.91 Å². The second kappa shape index (κ2) is 8.43. The lowest BCUT2D eigenvalue weighted by Crippen LogP contribution is -2.38. The fraction of sp³-hybridized carbons (Fsp3) is 0.211. The lowest BCUT2D eigenvalue weighted by Gasteiger charge is -2.25. The fourth-order valence-electron chi connectivity index (χ4n) is 2.51. The zero-order valence-electron chi connectivity index (χ0n) is 14.8. The number of carbonyl (C=O) groups excluding carboxylic acids is 3. The summed E-state index contributed by atoms with van der Waals surface area (Å²) in [6, 6.07) is 9.36. The highest BCUT2D eigenvalue weighted by Gasteiger charge is 2.34. The highest BCUT2D eigenvalue weighted by atomic mass is 35.5. The molecule has 0 spiro atoms. The number of alkyl halides is 3. The van der Waals surface area contributed by atoms with Crippen molar-refractivity contribution in [1.29, 1.82) is 0 Å². The van der Waals surface area contributed by atoms with Crippen molar-refractivity contribution in [2.45, 2.75) is 20.0 Å². The van der Waals surface area contributed by atoms with Gasteiger partial charge in [-0.3, -0.25) is 14.4 Å². The van der Waals surface area contributed by atoms with Crippen molar-refractivity contribution < 1.29 is 32.3 Å². The lowest BCUT2D eigenvalue weighted by atomic mass is 10.00. The molecule has 0 fully saturated rings. The number of benzene rings is 2. The van der Waals surface area contributed by atoms with Crippen molar-refractivity contribution in [3.8, 4) is 5.75 Å². The van der Waals surface area contributed by atoms with Gasteiger partial charge in [0.05, 0.1) is 11.3 Å². The molecule has 0 radical (unpaired) electrons. The average Bonchev–Trinajstić information content (AvgIpc) is 2.58. The molecule has 148 valence electrons. The Labute approximate surface area is 163 Å². The van der Waals surface area contributed by atoms with Gasteiger partial charge in [0.25, 0.3) is 0 Å². The van der Waals surface area contributed by atoms with Gasteiger partial charge >= 0.3 is 12.1 Å². The number of amides is 1. The minimum absolute atomic E-state index is 0.0586. The third-order valence-corrected chi connectivity index (χ3v) is 3.83. The van der Waals surface area contributed by atoms with Crippen molar-refractivity contribution >= 4 is 34.9 Å². The van der Waals surface area contributed by atoms with E-state index in [-0.39, 0.29) is 27.6 Å². The van der Waals surface area contributed by atoms with E-state index in [4.69, 9.17) is 16.3 Å². The van der Waals surface area contributed by atoms with Crippen LogP contribution in [0.5, 0.6) is 5.75 Å². The Morgan fingerprint density at radius 3 is 2.25 bits per heavy atom. The predicted molar refractivity (Wildman–Crippen MR) is 96.7 cm³/mol. The Balaban J connectivity index is 2.60. The van der Waals surface area contributed by atoms with Gasteiger partial charge in [0.15, 0.2) is 5.78 Å². The SMILES string of the molecule is CC(=O)Oc1ccccc1C(=O)c1cc(Cl)ccc1N(CC(F)(F)F)C(C)=O. The van der Waals surface area contributed by atoms with E-state index in [1.165, 1.54) is 30.3 Å². The van der Waals surface area contributed by atoms with Crippen LogP contribution in [0.1, 0.15) is 29.8 Å². The summed E-state index contributed by atoms with van der Waals surface area (Å²) in [6.45, 7) is 0.532. The molecule has 0 unspecified atom stereocenters. The smallest absolute Gasteiger partial charge is 0.406 e. The van der Waals surface area contributed by atoms with Gasteiger partial charge in [0, 0.05) is 24.4 Å². The van der Waals surface area contributed by atoms with Crippen LogP contribution in [0.25, 0.3) is 0 Å². The highest BCUT2D eigenvalue weighted by molar-refractivity contribution is 6.31. The number of hydrogen-bond acceptors (Lipinski definition) is 4. The highest BCUT2D eigenvalue weighted by Crippen LogP contribution is 2.31. The molecule has 0 saturated carbocycles. The summed E-state index contributed by atoms with van der Waals surface area (Å²) in [4.78, 5) is 36.6. The van der Waals surface area contributed by atoms with Crippen LogP contribution in [0.3, 0.4) is 0 Å². The van der Waals surface area contributed by atoms with E-state index in [1.807, 2.05) is 0 Å². The van der Waals surface area contributed by atoms with Gasteiger partial charge in [-0.05, 0) is 30.3 Å². The molecule has 0 heterocycles. The van der Waals surface area contributed by atoms with Crippen LogP contribution < -0.4 is 9.64 Å². The van der Waals surface area contributed by atoms with Crippen molar-refractivity contribution in [1.82, 2.24) is 0 Å². The second-order valence-corrected chi connectivity index (χ2v) is 6.24. The van der Waals surface area contributed by atoms with Gasteiger partial charge in [-0.25, -0.2) is 0 Å². The summed E-state index contributed by atoms with van der Waals surface area (Å²) < 4.78 is 43.8. The van der Waals surface area contributed by atoms with Crippen LogP contribution in [0, 0.1) is 0 Å². The van der Waals surface area contributed by atoms with Gasteiger partial charge in [-0.2, -0.15) is 13.2 Å². The molecule has 0 saturated heterocycles. The first-order valence-corrected chi connectivity index (χ1v) is 8.34. The largest absolute Gasteiger partial charge is 0.426 e. The first-order chi connectivity index (χ1) is 13.0. The zero-order chi connectivity index (χ0) is 21.1. The van der Waals surface area contributed by atoms with Gasteiger partial charge in [-0.1, -0.05) is 23.7 Å². The molecule has 2 rings (SSSR count). The molecule has 28 heavy (non-hydrogen) atoms. The van der Waals surface area contributed by atoms with Crippen LogP contribution in [0.4, 0.5) is 18.9 Å². The van der Waals surface area contributed by atoms with E-state index in [2.05, 4.69) is 0 Å². The van der Waals surface area contributed by atoms with Crippen LogP contribution in [0.15, 0.2) is 42.5 Å². The summed E-state index contributed by atoms with van der Waals surface area (Å²) in [5.74, 6) is -2.38. The zero-order valence-corrected chi connectivity index (χ0v) is 15.6. The minimum atomic E-state index is -4.68. The predicted octanol–water partition coefficient (Wildman–Crippen LogP) is 4.41. The van der Waals surface area contributed by atoms with E-state index < -0.39 is 30.4 Å². The molecule has 0 N–H and O–H groups in total. The molecule has 9 heteroatoms. The van der Waals surface area contributed by atoms with Crippen LogP contribution >= 0.6 is 11.6 Å². The molecule has 2 aromatic carbocycles. The summed E-state index contributed by atoms with van der Waals surface area (Å²) in [5, 5.41) is 0.0904. The Hall–Kier alpha value is -2.87. The molecular weight excluding hydrogens is 399 g/mol. The number of esters is 1. The molecule has 0 aliphatic rings. The quantitative estimate of drug-likeness (QED) is 0.414. The monoisotopic (exact) mass is 413 g/mol. The molecule has 0 aromatic heterocycles. The number of nitrogens with zero attached hydrogens (tertiary/aromatic N) is 1. The van der Waals surface area contributed by atoms with Gasteiger partial charge in [-0.15, -0.1) is 0 Å². The number of anilines is 1. The molecular formula is C19H15ClF3NO4. The third kappa shape index (κ3) is 5.32. The Morgan fingerprint density at radius 2 is 1.68 bits per heavy atom. The van der Waals surface area contributed by atoms with Crippen molar-refractivity contribution in [3.63, 3.8) is 0 Å². The minimum Gasteiger partial charge on any atom is -0.426 e. The Morgan fingerprint density at radius 1 is 1.04 bits per heavy atom. The van der Waals surface area contributed by atoms with E-state index in [9.17, 15) is 27.6 Å². The topological polar surface area (TPSA) is 63.7 Å². The molecule has 5 nitrogen and oxygen atoms in total. The number of rotatable bonds is 5. The maximum absolute atomic E-state index is 13.0. The molecule has 0 atom stereocenters. The summed E-state index contributed by atoms with van der Waals surface area (Å²) >= 11 is 5.93. The average molecular weight is 414 g/mol. The summed E-state index contributed by atoms with van der Waals surface area (Å²) in [6.07, 6.45) is -4.68. The van der Waals surface area contributed by atoms with Gasteiger partial charge in [0.1, 0.15) is 12.3 Å². The number of halogens is 4. The van der Waals surface area contributed by atoms with E-state index in [0.29, 0.717) is 4.90 Å². The fourth-order valence-corrected chi connectivity index (χ4v) is 2.69. The van der Waals surface area contributed by atoms with Crippen molar-refractivity contribution in [2.24, 2.45) is 0 Å². The standard InChI is InChI=1S/C19H15ClF3NO4/c1-11(25)24(10-19(21,22)23)16-8-7-13(20)9-15(16)18(27)14-5-3-4-6-17(14)28-12(2)26/h3-9H,10H2,1-2H3.